The molecule has 162 valence electrons. The molecule has 0 atom stereocenters. The van der Waals surface area contributed by atoms with Crippen LogP contribution >= 0.6 is 11.6 Å². The van der Waals surface area contributed by atoms with Crippen molar-refractivity contribution in [3.63, 3.8) is 0 Å². The van der Waals surface area contributed by atoms with E-state index in [1.54, 1.807) is 36.4 Å². The molecule has 31 heavy (non-hydrogen) atoms. The first-order valence-corrected chi connectivity index (χ1v) is 10.2. The number of aromatic nitrogens is 2. The van der Waals surface area contributed by atoms with Crippen molar-refractivity contribution in [1.29, 1.82) is 0 Å². The summed E-state index contributed by atoms with van der Waals surface area (Å²) in [5.74, 6) is 0.441. The second kappa shape index (κ2) is 10.1. The smallest absolute Gasteiger partial charge is 0.292 e. The maximum absolute atomic E-state index is 12.6. The molecule has 8 nitrogen and oxygen atoms in total. The minimum absolute atomic E-state index is 0.103. The summed E-state index contributed by atoms with van der Waals surface area (Å²) in [6.45, 7) is 4.83. The summed E-state index contributed by atoms with van der Waals surface area (Å²) in [7, 11) is 1.49. The normalized spacial score (nSPS) is 11.1. The van der Waals surface area contributed by atoms with Gasteiger partial charge in [-0.05, 0) is 37.1 Å². The van der Waals surface area contributed by atoms with Crippen LogP contribution in [-0.2, 0) is 7.05 Å². The van der Waals surface area contributed by atoms with E-state index in [-0.39, 0.29) is 11.3 Å². The lowest BCUT2D eigenvalue weighted by Gasteiger charge is -2.13. The number of hydrogen-bond acceptors (Lipinski definition) is 6. The van der Waals surface area contributed by atoms with E-state index < -0.39 is 5.91 Å². The Morgan fingerprint density at radius 3 is 2.68 bits per heavy atom. The third kappa shape index (κ3) is 5.03. The van der Waals surface area contributed by atoms with Crippen molar-refractivity contribution in [3.8, 4) is 11.5 Å². The van der Waals surface area contributed by atoms with Gasteiger partial charge in [-0.3, -0.25) is 9.59 Å². The van der Waals surface area contributed by atoms with Crippen LogP contribution in [0.4, 0.5) is 0 Å². The number of rotatable bonds is 8. The summed E-state index contributed by atoms with van der Waals surface area (Å²) in [5.41, 5.74) is 2.89. The van der Waals surface area contributed by atoms with Crippen LogP contribution in [0.2, 0.25) is 5.02 Å². The van der Waals surface area contributed by atoms with Gasteiger partial charge in [-0.2, -0.15) is 10.2 Å². The molecule has 1 N–H and O–H groups in total. The fourth-order valence-corrected chi connectivity index (χ4v) is 3.23. The molecule has 0 aliphatic heterocycles. The number of amides is 1. The van der Waals surface area contributed by atoms with Gasteiger partial charge in [-0.25, -0.2) is 10.1 Å². The Morgan fingerprint density at radius 2 is 1.97 bits per heavy atom. The van der Waals surface area contributed by atoms with Crippen LogP contribution in [0, 0.1) is 0 Å². The molecule has 3 aromatic rings. The van der Waals surface area contributed by atoms with Gasteiger partial charge in [-0.1, -0.05) is 36.7 Å². The lowest BCUT2D eigenvalue weighted by Crippen LogP contribution is -2.27. The molecule has 0 fully saturated rings. The van der Waals surface area contributed by atoms with Crippen LogP contribution < -0.4 is 20.5 Å². The minimum Gasteiger partial charge on any atom is -0.490 e. The molecule has 0 saturated heterocycles. The standard InChI is InChI=1S/C22H23ClN4O4/c1-4-10-31-20-17(23)11-14(12-18(20)30-5-2)13-24-25-21(28)19-15-8-6-7-9-16(15)22(29)27(3)26-19/h6-9,11-13H,4-5,10H2,1-3H3,(H,25,28)/b24-13+. The van der Waals surface area contributed by atoms with Crippen molar-refractivity contribution >= 4 is 34.5 Å². The number of hydrogen-bond donors (Lipinski definition) is 1. The summed E-state index contributed by atoms with van der Waals surface area (Å²) < 4.78 is 12.4. The highest BCUT2D eigenvalue weighted by atomic mass is 35.5. The van der Waals surface area contributed by atoms with E-state index in [2.05, 4.69) is 15.6 Å². The van der Waals surface area contributed by atoms with Gasteiger partial charge < -0.3 is 9.47 Å². The number of halogens is 1. The van der Waals surface area contributed by atoms with Crippen molar-refractivity contribution < 1.29 is 14.3 Å². The number of aryl methyl sites for hydroxylation is 1. The lowest BCUT2D eigenvalue weighted by molar-refractivity contribution is 0.0950. The van der Waals surface area contributed by atoms with Crippen LogP contribution in [0.15, 0.2) is 46.3 Å². The lowest BCUT2D eigenvalue weighted by atomic mass is 10.1. The van der Waals surface area contributed by atoms with Gasteiger partial charge in [0.15, 0.2) is 17.2 Å². The molecule has 2 aromatic carbocycles. The molecule has 0 bridgehead atoms. The first-order valence-electron chi connectivity index (χ1n) is 9.84. The van der Waals surface area contributed by atoms with Crippen molar-refractivity contribution in [2.24, 2.45) is 12.1 Å². The van der Waals surface area contributed by atoms with Crippen LogP contribution in [0.1, 0.15) is 36.3 Å². The topological polar surface area (TPSA) is 94.8 Å². The summed E-state index contributed by atoms with van der Waals surface area (Å²) >= 11 is 6.34. The van der Waals surface area contributed by atoms with Gasteiger partial charge in [0.25, 0.3) is 11.5 Å². The molecular weight excluding hydrogens is 420 g/mol. The van der Waals surface area contributed by atoms with Crippen LogP contribution in [0.5, 0.6) is 11.5 Å². The number of carbonyl (C=O) groups is 1. The molecular formula is C22H23ClN4O4. The first-order chi connectivity index (χ1) is 15.0. The van der Waals surface area contributed by atoms with Gasteiger partial charge in [0.1, 0.15) is 0 Å². The fourth-order valence-electron chi connectivity index (χ4n) is 2.96. The zero-order valence-corrected chi connectivity index (χ0v) is 18.3. The van der Waals surface area contributed by atoms with Gasteiger partial charge >= 0.3 is 0 Å². The van der Waals surface area contributed by atoms with Crippen LogP contribution in [0.3, 0.4) is 0 Å². The van der Waals surface area contributed by atoms with Crippen LogP contribution in [-0.4, -0.2) is 35.1 Å². The molecule has 0 spiro atoms. The van der Waals surface area contributed by atoms with E-state index >= 15 is 0 Å². The van der Waals surface area contributed by atoms with E-state index in [1.165, 1.54) is 13.3 Å². The predicted octanol–water partition coefficient (Wildman–Crippen LogP) is 3.54. The molecule has 9 heteroatoms. The monoisotopic (exact) mass is 442 g/mol. The number of carbonyl (C=O) groups excluding carboxylic acids is 1. The SMILES string of the molecule is CCCOc1c(Cl)cc(/C=N/NC(=O)c2nn(C)c(=O)c3ccccc23)cc1OCC. The summed E-state index contributed by atoms with van der Waals surface area (Å²) in [6, 6.07) is 10.2. The molecule has 0 aliphatic rings. The number of fused-ring (bicyclic) bond motifs is 1. The predicted molar refractivity (Wildman–Crippen MR) is 120 cm³/mol. The third-order valence-electron chi connectivity index (χ3n) is 4.33. The van der Waals surface area contributed by atoms with E-state index in [0.29, 0.717) is 46.1 Å². The molecule has 1 aromatic heterocycles. The average molecular weight is 443 g/mol. The number of nitrogens with zero attached hydrogens (tertiary/aromatic N) is 3. The second-order valence-electron chi connectivity index (χ2n) is 6.63. The Labute approximate surface area is 184 Å². The second-order valence-corrected chi connectivity index (χ2v) is 7.04. The van der Waals surface area contributed by atoms with Crippen molar-refractivity contribution in [1.82, 2.24) is 15.2 Å². The molecule has 0 unspecified atom stereocenters. The molecule has 0 radical (unpaired) electrons. The van der Waals surface area contributed by atoms with Crippen LogP contribution in [0.25, 0.3) is 10.8 Å². The molecule has 3 rings (SSSR count). The average Bonchev–Trinajstić information content (AvgIpc) is 2.76. The molecule has 1 heterocycles. The highest BCUT2D eigenvalue weighted by Gasteiger charge is 2.15. The van der Waals surface area contributed by atoms with E-state index in [4.69, 9.17) is 21.1 Å². The number of hydrazone groups is 1. The highest BCUT2D eigenvalue weighted by Crippen LogP contribution is 2.36. The Kier molecular flexibility index (Phi) is 7.25. The van der Waals surface area contributed by atoms with E-state index in [1.807, 2.05) is 13.8 Å². The van der Waals surface area contributed by atoms with Gasteiger partial charge in [-0.15, -0.1) is 0 Å². The van der Waals surface area contributed by atoms with Crippen molar-refractivity contribution in [3.05, 3.63) is 63.0 Å². The minimum atomic E-state index is -0.540. The summed E-state index contributed by atoms with van der Waals surface area (Å²) in [6.07, 6.45) is 2.28. The van der Waals surface area contributed by atoms with Gasteiger partial charge in [0.05, 0.1) is 29.8 Å². The number of ether oxygens (including phenoxy) is 2. The fraction of sp³-hybridized carbons (Fsp3) is 0.273. The number of nitrogens with one attached hydrogen (secondary N) is 1. The van der Waals surface area contributed by atoms with Gasteiger partial charge in [0.2, 0.25) is 0 Å². The Balaban J connectivity index is 1.84. The Bertz CT molecular complexity index is 1190. The third-order valence-corrected chi connectivity index (χ3v) is 4.61. The number of benzene rings is 2. The summed E-state index contributed by atoms with van der Waals surface area (Å²) in [5, 5.41) is 9.33. The maximum Gasteiger partial charge on any atom is 0.292 e. The Morgan fingerprint density at radius 1 is 1.23 bits per heavy atom. The molecule has 0 aliphatic carbocycles. The zero-order valence-electron chi connectivity index (χ0n) is 17.5. The van der Waals surface area contributed by atoms with E-state index in [9.17, 15) is 9.59 Å². The molecule has 1 amide bonds. The van der Waals surface area contributed by atoms with Crippen molar-refractivity contribution in [2.75, 3.05) is 13.2 Å². The van der Waals surface area contributed by atoms with Crippen molar-refractivity contribution in [2.45, 2.75) is 20.3 Å². The largest absolute Gasteiger partial charge is 0.490 e. The maximum atomic E-state index is 12.6. The first kappa shape index (κ1) is 22.3. The quantitative estimate of drug-likeness (QED) is 0.425. The highest BCUT2D eigenvalue weighted by molar-refractivity contribution is 6.32. The van der Waals surface area contributed by atoms with Gasteiger partial charge in [0, 0.05) is 12.4 Å². The Hall–Kier alpha value is -3.39. The zero-order chi connectivity index (χ0) is 22.4. The molecule has 0 saturated carbocycles. The summed E-state index contributed by atoms with van der Waals surface area (Å²) in [4.78, 5) is 24.9. The van der Waals surface area contributed by atoms with E-state index in [0.717, 1.165) is 11.1 Å².